The van der Waals surface area contributed by atoms with Gasteiger partial charge in [0, 0.05) is 41.6 Å². The summed E-state index contributed by atoms with van der Waals surface area (Å²) in [7, 11) is 1.52. The van der Waals surface area contributed by atoms with Crippen molar-refractivity contribution in [3.63, 3.8) is 0 Å². The second kappa shape index (κ2) is 6.69. The zero-order valence-electron chi connectivity index (χ0n) is 17.5. The number of ketones is 1. The van der Waals surface area contributed by atoms with Crippen LogP contribution in [0.5, 0.6) is 0 Å². The van der Waals surface area contributed by atoms with Crippen LogP contribution in [0.4, 0.5) is 0 Å². The number of fused-ring (bicyclic) bond motifs is 4. The van der Waals surface area contributed by atoms with Gasteiger partial charge in [0.05, 0.1) is 7.11 Å². The second-order valence-electron chi connectivity index (χ2n) is 9.26. The first-order valence-corrected chi connectivity index (χ1v) is 10.9. The lowest BCUT2D eigenvalue weighted by Gasteiger charge is -2.61. The quantitative estimate of drug-likeness (QED) is 0.805. The third-order valence-corrected chi connectivity index (χ3v) is 7.92. The Hall–Kier alpha value is -2.14. The number of esters is 1. The van der Waals surface area contributed by atoms with Crippen molar-refractivity contribution in [2.75, 3.05) is 13.7 Å². The third-order valence-electron chi connectivity index (χ3n) is 7.92. The Kier molecular flexibility index (Phi) is 4.35. The summed E-state index contributed by atoms with van der Waals surface area (Å²) in [6.07, 6.45) is 4.40. The highest BCUT2D eigenvalue weighted by atomic mass is 16.5. The van der Waals surface area contributed by atoms with Crippen molar-refractivity contribution in [3.8, 4) is 0 Å². The van der Waals surface area contributed by atoms with Gasteiger partial charge in [-0.2, -0.15) is 0 Å². The molecular formula is C24H30N2O3. The topological polar surface area (TPSA) is 62.4 Å². The van der Waals surface area contributed by atoms with Crippen LogP contribution in [0.1, 0.15) is 50.8 Å². The van der Waals surface area contributed by atoms with Crippen molar-refractivity contribution >= 4 is 22.7 Å². The Morgan fingerprint density at radius 1 is 1.31 bits per heavy atom. The maximum Gasteiger partial charge on any atom is 0.319 e. The van der Waals surface area contributed by atoms with Gasteiger partial charge in [-0.05, 0) is 49.7 Å². The molecule has 3 aliphatic heterocycles. The maximum atomic E-state index is 13.5. The normalized spacial score (nSPS) is 35.2. The summed E-state index contributed by atoms with van der Waals surface area (Å²) in [5.41, 5.74) is 2.76. The largest absolute Gasteiger partial charge is 0.468 e. The van der Waals surface area contributed by atoms with Gasteiger partial charge in [0.15, 0.2) is 0 Å². The first kappa shape index (κ1) is 18.9. The number of nitrogens with one attached hydrogen (secondary N) is 1. The van der Waals surface area contributed by atoms with Gasteiger partial charge in [-0.3, -0.25) is 14.5 Å². The van der Waals surface area contributed by atoms with Crippen molar-refractivity contribution in [1.82, 2.24) is 9.88 Å². The Labute approximate surface area is 171 Å². The average Bonchev–Trinajstić information content (AvgIpc) is 3.05. The van der Waals surface area contributed by atoms with E-state index in [0.717, 1.165) is 43.4 Å². The van der Waals surface area contributed by atoms with Crippen LogP contribution < -0.4 is 0 Å². The van der Waals surface area contributed by atoms with Crippen LogP contribution in [0.2, 0.25) is 0 Å². The Bertz CT molecular complexity index is 980. The van der Waals surface area contributed by atoms with E-state index < -0.39 is 5.41 Å². The number of benzene rings is 1. The number of aromatic amines is 1. The van der Waals surface area contributed by atoms with E-state index >= 15 is 0 Å². The van der Waals surface area contributed by atoms with Gasteiger partial charge in [0.2, 0.25) is 0 Å². The van der Waals surface area contributed by atoms with E-state index in [2.05, 4.69) is 35.0 Å². The lowest BCUT2D eigenvalue weighted by Crippen LogP contribution is -2.70. The highest BCUT2D eigenvalue weighted by molar-refractivity contribution is 5.91. The van der Waals surface area contributed by atoms with Gasteiger partial charge >= 0.3 is 5.97 Å². The third kappa shape index (κ3) is 2.49. The molecule has 154 valence electrons. The molecule has 4 bridgehead atoms. The maximum absolute atomic E-state index is 13.5. The molecule has 1 saturated carbocycles. The zero-order valence-corrected chi connectivity index (χ0v) is 17.5. The SMILES string of the molecule is CC[C@H]1C[C@@H]2C[C@@]3(C(=O)OC)c4[nH]c5ccccc5c4CCN(C2CC(C)=O)[C@@H]13. The van der Waals surface area contributed by atoms with Crippen molar-refractivity contribution in [2.45, 2.75) is 63.5 Å². The predicted octanol–water partition coefficient (Wildman–Crippen LogP) is 3.60. The molecule has 1 N–H and O–H groups in total. The molecular weight excluding hydrogens is 364 g/mol. The van der Waals surface area contributed by atoms with Gasteiger partial charge in [0.1, 0.15) is 11.2 Å². The van der Waals surface area contributed by atoms with Crippen molar-refractivity contribution in [1.29, 1.82) is 0 Å². The number of piperidine rings is 2. The Balaban J connectivity index is 1.75. The van der Waals surface area contributed by atoms with Crippen LogP contribution in [-0.4, -0.2) is 47.4 Å². The van der Waals surface area contributed by atoms with E-state index in [0.29, 0.717) is 18.3 Å². The molecule has 6 atom stereocenters. The number of ether oxygens (including phenoxy) is 1. The van der Waals surface area contributed by atoms with Crippen LogP contribution in [0.25, 0.3) is 10.9 Å². The van der Waals surface area contributed by atoms with E-state index in [-0.39, 0.29) is 23.8 Å². The second-order valence-corrected chi connectivity index (χ2v) is 9.26. The number of hydrogen-bond donors (Lipinski definition) is 1. The number of aromatic nitrogens is 1. The molecule has 2 saturated heterocycles. The molecule has 0 amide bonds. The molecule has 6 rings (SSSR count). The molecule has 2 unspecified atom stereocenters. The molecule has 1 aromatic carbocycles. The number of Topliss-reactive ketones (excluding diaryl/α,β-unsaturated/α-hetero) is 1. The van der Waals surface area contributed by atoms with E-state index in [1.165, 1.54) is 18.1 Å². The van der Waals surface area contributed by atoms with Gasteiger partial charge < -0.3 is 9.72 Å². The number of carbonyl (C=O) groups is 2. The van der Waals surface area contributed by atoms with Gasteiger partial charge in [0.25, 0.3) is 0 Å². The highest BCUT2D eigenvalue weighted by Gasteiger charge is 2.65. The fraction of sp³-hybridized carbons (Fsp3) is 0.583. The standard InChI is InChI=1S/C24H30N2O3/c1-4-15-12-16-13-24(23(28)29-3)21-18(17-7-5-6-8-19(17)25-21)9-10-26(22(15)24)20(16)11-14(2)27/h5-8,15-16,20,22,25H,4,9-13H2,1-3H3/t15-,16+,20?,22-,24+/m0/s1. The first-order chi connectivity index (χ1) is 14.0. The summed E-state index contributed by atoms with van der Waals surface area (Å²) in [5.74, 6) is 0.901. The number of carbonyl (C=O) groups excluding carboxylic acids is 2. The van der Waals surface area contributed by atoms with E-state index in [4.69, 9.17) is 4.74 Å². The number of rotatable bonds is 4. The molecule has 0 radical (unpaired) electrons. The molecule has 2 aromatic rings. The fourth-order valence-corrected chi connectivity index (χ4v) is 6.95. The number of methoxy groups -OCH3 is 1. The summed E-state index contributed by atoms with van der Waals surface area (Å²) >= 11 is 0. The van der Waals surface area contributed by atoms with Crippen LogP contribution in [0, 0.1) is 11.8 Å². The van der Waals surface area contributed by atoms with Gasteiger partial charge in [-0.15, -0.1) is 0 Å². The summed E-state index contributed by atoms with van der Waals surface area (Å²) in [4.78, 5) is 31.8. The summed E-state index contributed by atoms with van der Waals surface area (Å²) in [5, 5.41) is 1.21. The van der Waals surface area contributed by atoms with Crippen LogP contribution in [0.3, 0.4) is 0 Å². The number of hydrogen-bond acceptors (Lipinski definition) is 4. The smallest absolute Gasteiger partial charge is 0.319 e. The van der Waals surface area contributed by atoms with Crippen LogP contribution in [0.15, 0.2) is 24.3 Å². The molecule has 0 spiro atoms. The lowest BCUT2D eigenvalue weighted by atomic mass is 9.54. The monoisotopic (exact) mass is 394 g/mol. The van der Waals surface area contributed by atoms with Gasteiger partial charge in [-0.1, -0.05) is 31.5 Å². The number of nitrogens with zero attached hydrogens (tertiary/aromatic N) is 1. The van der Waals surface area contributed by atoms with E-state index in [1.54, 1.807) is 6.92 Å². The Morgan fingerprint density at radius 3 is 2.83 bits per heavy atom. The molecule has 4 heterocycles. The number of para-hydroxylation sites is 1. The Morgan fingerprint density at radius 2 is 2.10 bits per heavy atom. The first-order valence-electron chi connectivity index (χ1n) is 10.9. The fourth-order valence-electron chi connectivity index (χ4n) is 6.95. The average molecular weight is 395 g/mol. The number of H-pyrrole nitrogens is 1. The van der Waals surface area contributed by atoms with Crippen LogP contribution in [-0.2, 0) is 26.2 Å². The van der Waals surface area contributed by atoms with E-state index in [9.17, 15) is 9.59 Å². The van der Waals surface area contributed by atoms with Crippen molar-refractivity contribution in [3.05, 3.63) is 35.5 Å². The summed E-state index contributed by atoms with van der Waals surface area (Å²) < 4.78 is 5.48. The molecule has 1 aliphatic carbocycles. The molecule has 29 heavy (non-hydrogen) atoms. The predicted molar refractivity (Wildman–Crippen MR) is 112 cm³/mol. The van der Waals surface area contributed by atoms with Crippen molar-refractivity contribution in [2.24, 2.45) is 11.8 Å². The summed E-state index contributed by atoms with van der Waals surface area (Å²) in [6.45, 7) is 4.82. The minimum absolute atomic E-state index is 0.0867. The van der Waals surface area contributed by atoms with E-state index in [1.807, 2.05) is 6.07 Å². The molecule has 5 nitrogen and oxygen atoms in total. The van der Waals surface area contributed by atoms with Gasteiger partial charge in [-0.25, -0.2) is 0 Å². The minimum atomic E-state index is -0.670. The lowest BCUT2D eigenvalue weighted by molar-refractivity contribution is -0.169. The summed E-state index contributed by atoms with van der Waals surface area (Å²) in [6, 6.07) is 8.70. The minimum Gasteiger partial charge on any atom is -0.468 e. The van der Waals surface area contributed by atoms with Crippen molar-refractivity contribution < 1.29 is 14.3 Å². The molecule has 1 aromatic heterocycles. The molecule has 5 heteroatoms. The molecule has 3 fully saturated rings. The van der Waals surface area contributed by atoms with Crippen LogP contribution >= 0.6 is 0 Å². The molecule has 4 aliphatic rings. The zero-order chi connectivity index (χ0) is 20.3. The highest BCUT2D eigenvalue weighted by Crippen LogP contribution is 2.57.